The highest BCUT2D eigenvalue weighted by atomic mass is 19.4. The average Bonchev–Trinajstić information content (AvgIpc) is 1.98. The van der Waals surface area contributed by atoms with Gasteiger partial charge in [0.05, 0.1) is 6.61 Å². The molecule has 1 aliphatic rings. The largest absolute Gasteiger partial charge is 0.464 e. The number of rotatable bonds is 3. The standard InChI is InChI=1S/C9H14F3NO2/c1-2-15-7(14)8(13,9(10,11)12)6-4-3-5-6/h6H,2-5,13H2,1H3/t8-/m1/s1. The fraction of sp³-hybridized carbons (Fsp3) is 0.889. The van der Waals surface area contributed by atoms with Crippen molar-refractivity contribution in [2.75, 3.05) is 6.61 Å². The SMILES string of the molecule is CCOC(=O)[C@](N)(C1CCC1)C(F)(F)F. The molecule has 1 rings (SSSR count). The van der Waals surface area contributed by atoms with Gasteiger partial charge in [0.2, 0.25) is 5.54 Å². The Balaban J connectivity index is 2.90. The van der Waals surface area contributed by atoms with Crippen LogP contribution in [0.25, 0.3) is 0 Å². The lowest BCUT2D eigenvalue weighted by atomic mass is 9.70. The lowest BCUT2D eigenvalue weighted by Gasteiger charge is -2.41. The van der Waals surface area contributed by atoms with Gasteiger partial charge in [-0.25, -0.2) is 4.79 Å². The lowest BCUT2D eigenvalue weighted by molar-refractivity contribution is -0.222. The Morgan fingerprint density at radius 2 is 2.00 bits per heavy atom. The van der Waals surface area contributed by atoms with Crippen LogP contribution in [0.5, 0.6) is 0 Å². The van der Waals surface area contributed by atoms with Gasteiger partial charge in [0.15, 0.2) is 0 Å². The van der Waals surface area contributed by atoms with Gasteiger partial charge in [-0.2, -0.15) is 13.2 Å². The van der Waals surface area contributed by atoms with Gasteiger partial charge in [0, 0.05) is 0 Å². The van der Waals surface area contributed by atoms with Crippen LogP contribution in [0.1, 0.15) is 26.2 Å². The van der Waals surface area contributed by atoms with E-state index >= 15 is 0 Å². The maximum atomic E-state index is 12.7. The molecule has 2 N–H and O–H groups in total. The summed E-state index contributed by atoms with van der Waals surface area (Å²) in [7, 11) is 0. The van der Waals surface area contributed by atoms with Crippen LogP contribution < -0.4 is 5.73 Å². The number of hydrogen-bond acceptors (Lipinski definition) is 3. The van der Waals surface area contributed by atoms with E-state index in [4.69, 9.17) is 5.73 Å². The highest BCUT2D eigenvalue weighted by molar-refractivity contribution is 5.82. The number of nitrogens with two attached hydrogens (primary N) is 1. The van der Waals surface area contributed by atoms with E-state index in [1.807, 2.05) is 0 Å². The van der Waals surface area contributed by atoms with E-state index < -0.39 is 23.6 Å². The Bertz CT molecular complexity index is 250. The molecule has 6 heteroatoms. The lowest BCUT2D eigenvalue weighted by Crippen LogP contribution is -2.66. The Morgan fingerprint density at radius 3 is 2.27 bits per heavy atom. The van der Waals surface area contributed by atoms with Gasteiger partial charge >= 0.3 is 12.1 Å². The van der Waals surface area contributed by atoms with Crippen LogP contribution in [-0.2, 0) is 9.53 Å². The average molecular weight is 225 g/mol. The molecule has 15 heavy (non-hydrogen) atoms. The van der Waals surface area contributed by atoms with Crippen LogP contribution in [0.4, 0.5) is 13.2 Å². The highest BCUT2D eigenvalue weighted by Crippen LogP contribution is 2.44. The summed E-state index contributed by atoms with van der Waals surface area (Å²) in [5.74, 6) is -2.20. The van der Waals surface area contributed by atoms with Crippen molar-refractivity contribution < 1.29 is 22.7 Å². The van der Waals surface area contributed by atoms with Crippen molar-refractivity contribution in [1.82, 2.24) is 0 Å². The molecule has 0 aromatic heterocycles. The third-order valence-electron chi connectivity index (χ3n) is 2.83. The molecular weight excluding hydrogens is 211 g/mol. The minimum atomic E-state index is -4.75. The summed E-state index contributed by atoms with van der Waals surface area (Å²) >= 11 is 0. The minimum Gasteiger partial charge on any atom is -0.464 e. The number of carbonyl (C=O) groups excluding carboxylic acids is 1. The third-order valence-corrected chi connectivity index (χ3v) is 2.83. The van der Waals surface area contributed by atoms with Gasteiger partial charge in [-0.15, -0.1) is 0 Å². The quantitative estimate of drug-likeness (QED) is 0.742. The Hall–Kier alpha value is -0.780. The van der Waals surface area contributed by atoms with Gasteiger partial charge in [-0.1, -0.05) is 6.42 Å². The van der Waals surface area contributed by atoms with E-state index in [0.717, 1.165) is 0 Å². The molecule has 1 saturated carbocycles. The number of carbonyl (C=O) groups is 1. The molecule has 0 radical (unpaired) electrons. The number of esters is 1. The molecule has 3 nitrogen and oxygen atoms in total. The monoisotopic (exact) mass is 225 g/mol. The van der Waals surface area contributed by atoms with Crippen molar-refractivity contribution >= 4 is 5.97 Å². The van der Waals surface area contributed by atoms with Crippen molar-refractivity contribution in [3.63, 3.8) is 0 Å². The summed E-state index contributed by atoms with van der Waals surface area (Å²) in [6.07, 6.45) is -3.41. The molecule has 0 aromatic carbocycles. The molecular formula is C9H14F3NO2. The smallest absolute Gasteiger partial charge is 0.417 e. The summed E-state index contributed by atoms with van der Waals surface area (Å²) in [6.45, 7) is 1.36. The van der Waals surface area contributed by atoms with Crippen LogP contribution in [0.2, 0.25) is 0 Å². The molecule has 0 spiro atoms. The van der Waals surface area contributed by atoms with E-state index in [1.165, 1.54) is 6.92 Å². The maximum Gasteiger partial charge on any atom is 0.417 e. The molecule has 0 saturated heterocycles. The molecule has 1 fully saturated rings. The van der Waals surface area contributed by atoms with E-state index in [-0.39, 0.29) is 6.61 Å². The zero-order valence-corrected chi connectivity index (χ0v) is 8.43. The van der Waals surface area contributed by atoms with E-state index in [9.17, 15) is 18.0 Å². The van der Waals surface area contributed by atoms with Crippen LogP contribution in [-0.4, -0.2) is 24.3 Å². The van der Waals surface area contributed by atoms with Crippen molar-refractivity contribution in [3.8, 4) is 0 Å². The normalized spacial score (nSPS) is 21.7. The zero-order chi connectivity index (χ0) is 11.7. The first-order valence-corrected chi connectivity index (χ1v) is 4.86. The van der Waals surface area contributed by atoms with Gasteiger partial charge in [0.1, 0.15) is 0 Å². The Morgan fingerprint density at radius 1 is 1.47 bits per heavy atom. The summed E-state index contributed by atoms with van der Waals surface area (Å²) < 4.78 is 42.6. The number of hydrogen-bond donors (Lipinski definition) is 1. The van der Waals surface area contributed by atoms with Crippen molar-refractivity contribution in [2.45, 2.75) is 37.9 Å². The molecule has 0 unspecified atom stereocenters. The van der Waals surface area contributed by atoms with Gasteiger partial charge in [-0.05, 0) is 25.7 Å². The zero-order valence-electron chi connectivity index (χ0n) is 8.43. The fourth-order valence-corrected chi connectivity index (χ4v) is 1.63. The predicted octanol–water partition coefficient (Wildman–Crippen LogP) is 1.61. The first-order chi connectivity index (χ1) is 6.84. The first-order valence-electron chi connectivity index (χ1n) is 4.86. The van der Waals surface area contributed by atoms with Crippen LogP contribution in [0, 0.1) is 5.92 Å². The molecule has 0 amide bonds. The molecule has 0 aliphatic heterocycles. The second-order valence-corrected chi connectivity index (χ2v) is 3.72. The van der Waals surface area contributed by atoms with Gasteiger partial charge in [-0.3, -0.25) is 0 Å². The minimum absolute atomic E-state index is 0.0966. The topological polar surface area (TPSA) is 52.3 Å². The molecule has 1 atom stereocenters. The highest BCUT2D eigenvalue weighted by Gasteiger charge is 2.64. The van der Waals surface area contributed by atoms with E-state index in [2.05, 4.69) is 4.74 Å². The van der Waals surface area contributed by atoms with Crippen LogP contribution in [0.3, 0.4) is 0 Å². The number of halogens is 3. The maximum absolute atomic E-state index is 12.7. The van der Waals surface area contributed by atoms with E-state index in [1.54, 1.807) is 0 Å². The van der Waals surface area contributed by atoms with Gasteiger partial charge in [0.25, 0.3) is 0 Å². The first kappa shape index (κ1) is 12.3. The molecule has 0 heterocycles. The van der Waals surface area contributed by atoms with Crippen LogP contribution >= 0.6 is 0 Å². The Kier molecular flexibility index (Phi) is 3.28. The van der Waals surface area contributed by atoms with Crippen molar-refractivity contribution in [3.05, 3.63) is 0 Å². The summed E-state index contributed by atoms with van der Waals surface area (Å²) in [5, 5.41) is 0. The van der Waals surface area contributed by atoms with E-state index in [0.29, 0.717) is 19.3 Å². The summed E-state index contributed by atoms with van der Waals surface area (Å²) in [4.78, 5) is 11.3. The fourth-order valence-electron chi connectivity index (χ4n) is 1.63. The molecule has 0 bridgehead atoms. The third kappa shape index (κ3) is 1.95. The Labute approximate surface area is 85.8 Å². The molecule has 0 aromatic rings. The summed E-state index contributed by atoms with van der Waals surface area (Å²) in [5.41, 5.74) is 2.39. The van der Waals surface area contributed by atoms with Gasteiger partial charge < -0.3 is 10.5 Å². The number of ether oxygens (including phenoxy) is 1. The van der Waals surface area contributed by atoms with Crippen molar-refractivity contribution in [1.29, 1.82) is 0 Å². The molecule has 88 valence electrons. The summed E-state index contributed by atoms with van der Waals surface area (Å²) in [6, 6.07) is 0. The predicted molar refractivity (Wildman–Crippen MR) is 46.9 cm³/mol. The second kappa shape index (κ2) is 4.00. The van der Waals surface area contributed by atoms with Crippen LogP contribution in [0.15, 0.2) is 0 Å². The number of alkyl halides is 3. The molecule has 1 aliphatic carbocycles. The second-order valence-electron chi connectivity index (χ2n) is 3.72. The van der Waals surface area contributed by atoms with Crippen molar-refractivity contribution in [2.24, 2.45) is 11.7 Å².